The van der Waals surface area contributed by atoms with Crippen molar-refractivity contribution in [1.29, 1.82) is 0 Å². The van der Waals surface area contributed by atoms with Gasteiger partial charge in [-0.25, -0.2) is 0 Å². The van der Waals surface area contributed by atoms with Crippen molar-refractivity contribution in [2.24, 2.45) is 0 Å². The molecule has 0 radical (unpaired) electrons. The van der Waals surface area contributed by atoms with Crippen LogP contribution in [0.2, 0.25) is 0 Å². The minimum Gasteiger partial charge on any atom is -0.390 e. The van der Waals surface area contributed by atoms with Crippen LogP contribution in [0.25, 0.3) is 0 Å². The molecule has 2 aliphatic heterocycles. The highest BCUT2D eigenvalue weighted by molar-refractivity contribution is 8.00. The van der Waals surface area contributed by atoms with E-state index in [1.165, 1.54) is 5.56 Å². The van der Waals surface area contributed by atoms with E-state index in [9.17, 15) is 5.11 Å². The Bertz CT molecular complexity index is 467. The third kappa shape index (κ3) is 4.70. The zero-order valence-electron chi connectivity index (χ0n) is 13.9. The summed E-state index contributed by atoms with van der Waals surface area (Å²) in [6.07, 6.45) is -0.297. The van der Waals surface area contributed by atoms with Gasteiger partial charge in [-0.2, -0.15) is 11.8 Å². The van der Waals surface area contributed by atoms with Crippen molar-refractivity contribution in [2.45, 2.75) is 24.3 Å². The van der Waals surface area contributed by atoms with E-state index in [4.69, 9.17) is 4.74 Å². The molecule has 128 valence electrons. The average Bonchev–Trinajstić information content (AvgIpc) is 2.56. The van der Waals surface area contributed by atoms with Crippen molar-refractivity contribution in [3.05, 3.63) is 35.9 Å². The van der Waals surface area contributed by atoms with Gasteiger partial charge in [0.15, 0.2) is 0 Å². The molecular weight excluding hydrogens is 308 g/mol. The molecule has 2 aliphatic rings. The van der Waals surface area contributed by atoms with Crippen LogP contribution in [0.1, 0.15) is 18.5 Å². The molecule has 1 N–H and O–H groups in total. The van der Waals surface area contributed by atoms with E-state index < -0.39 is 0 Å². The molecule has 3 rings (SSSR count). The van der Waals surface area contributed by atoms with Crippen molar-refractivity contribution in [2.75, 3.05) is 51.7 Å². The molecule has 3 atom stereocenters. The lowest BCUT2D eigenvalue weighted by Crippen LogP contribution is -2.48. The van der Waals surface area contributed by atoms with Crippen LogP contribution in [0.4, 0.5) is 0 Å². The highest BCUT2D eigenvalue weighted by Gasteiger charge is 2.31. The van der Waals surface area contributed by atoms with Crippen LogP contribution in [0.3, 0.4) is 0 Å². The number of morpholine rings is 1. The van der Waals surface area contributed by atoms with Gasteiger partial charge in [-0.1, -0.05) is 37.3 Å². The topological polar surface area (TPSA) is 35.9 Å². The summed E-state index contributed by atoms with van der Waals surface area (Å²) in [5.74, 6) is 1.15. The van der Waals surface area contributed by atoms with Gasteiger partial charge >= 0.3 is 0 Å². The first-order valence-corrected chi connectivity index (χ1v) is 9.67. The number of rotatable bonds is 5. The van der Waals surface area contributed by atoms with Gasteiger partial charge < -0.3 is 9.84 Å². The fourth-order valence-electron chi connectivity index (χ4n) is 3.63. The molecule has 4 nitrogen and oxygen atoms in total. The van der Waals surface area contributed by atoms with Gasteiger partial charge in [0.1, 0.15) is 0 Å². The smallest absolute Gasteiger partial charge is 0.0794 e. The van der Waals surface area contributed by atoms with E-state index in [0.717, 1.165) is 51.7 Å². The molecule has 1 aromatic carbocycles. The maximum atomic E-state index is 10.6. The van der Waals surface area contributed by atoms with Crippen molar-refractivity contribution in [3.63, 3.8) is 0 Å². The Balaban J connectivity index is 1.61. The summed E-state index contributed by atoms with van der Waals surface area (Å²) in [4.78, 5) is 4.79. The lowest BCUT2D eigenvalue weighted by atomic mass is 10.0. The summed E-state index contributed by atoms with van der Waals surface area (Å²) in [6, 6.07) is 11.1. The van der Waals surface area contributed by atoms with E-state index in [2.05, 4.69) is 47.1 Å². The Kier molecular flexibility index (Phi) is 6.36. The highest BCUT2D eigenvalue weighted by Crippen LogP contribution is 2.35. The Labute approximate surface area is 143 Å². The standard InChI is InChI=1S/C18H28N2O2S/c1-15-18(16-5-3-2-4-6-16)20(9-12-23-15)14-17(21)13-19-7-10-22-11-8-19/h2-6,15,17-18,21H,7-14H2,1H3. The first kappa shape index (κ1) is 17.2. The Morgan fingerprint density at radius 3 is 2.65 bits per heavy atom. The Hall–Kier alpha value is -0.590. The number of hydrogen-bond acceptors (Lipinski definition) is 5. The largest absolute Gasteiger partial charge is 0.390 e. The van der Waals surface area contributed by atoms with Crippen LogP contribution in [0, 0.1) is 0 Å². The fourth-order valence-corrected chi connectivity index (χ4v) is 4.85. The maximum Gasteiger partial charge on any atom is 0.0794 e. The lowest BCUT2D eigenvalue weighted by molar-refractivity contribution is 0.00313. The minimum atomic E-state index is -0.297. The van der Waals surface area contributed by atoms with Gasteiger partial charge in [-0.15, -0.1) is 0 Å². The number of thioether (sulfide) groups is 1. The summed E-state index contributed by atoms with van der Waals surface area (Å²) < 4.78 is 5.38. The van der Waals surface area contributed by atoms with Gasteiger partial charge in [-0.05, 0) is 5.56 Å². The number of hydrogen-bond donors (Lipinski definition) is 1. The quantitative estimate of drug-likeness (QED) is 0.888. The van der Waals surface area contributed by atoms with Crippen molar-refractivity contribution < 1.29 is 9.84 Å². The van der Waals surface area contributed by atoms with Crippen LogP contribution in [-0.4, -0.2) is 78.0 Å². The zero-order chi connectivity index (χ0) is 16.1. The predicted octanol–water partition coefficient (Wildman–Crippen LogP) is 1.86. The second kappa shape index (κ2) is 8.49. The molecule has 1 aromatic rings. The van der Waals surface area contributed by atoms with Gasteiger partial charge in [0.2, 0.25) is 0 Å². The summed E-state index contributed by atoms with van der Waals surface area (Å²) in [7, 11) is 0. The SMILES string of the molecule is CC1SCCN(CC(O)CN2CCOCC2)C1c1ccccc1. The molecule has 2 heterocycles. The second-order valence-corrected chi connectivity index (χ2v) is 7.98. The monoisotopic (exact) mass is 336 g/mol. The molecule has 0 bridgehead atoms. The molecule has 2 fully saturated rings. The highest BCUT2D eigenvalue weighted by atomic mass is 32.2. The van der Waals surface area contributed by atoms with E-state index >= 15 is 0 Å². The zero-order valence-corrected chi connectivity index (χ0v) is 14.8. The Morgan fingerprint density at radius 1 is 1.17 bits per heavy atom. The van der Waals surface area contributed by atoms with E-state index in [-0.39, 0.29) is 6.10 Å². The maximum absolute atomic E-state index is 10.6. The van der Waals surface area contributed by atoms with Crippen LogP contribution >= 0.6 is 11.8 Å². The summed E-state index contributed by atoms with van der Waals surface area (Å²) in [5, 5.41) is 11.1. The van der Waals surface area contributed by atoms with Crippen molar-refractivity contribution in [3.8, 4) is 0 Å². The molecule has 3 unspecified atom stereocenters. The minimum absolute atomic E-state index is 0.297. The molecule has 23 heavy (non-hydrogen) atoms. The lowest BCUT2D eigenvalue weighted by Gasteiger charge is -2.41. The predicted molar refractivity (Wildman–Crippen MR) is 95.9 cm³/mol. The van der Waals surface area contributed by atoms with Crippen molar-refractivity contribution in [1.82, 2.24) is 9.80 Å². The second-order valence-electron chi connectivity index (χ2n) is 6.49. The third-order valence-electron chi connectivity index (χ3n) is 4.76. The van der Waals surface area contributed by atoms with Gasteiger partial charge in [0, 0.05) is 49.8 Å². The van der Waals surface area contributed by atoms with Crippen LogP contribution < -0.4 is 0 Å². The number of β-amino-alcohol motifs (C(OH)–C–C–N with tert-alkyl or cyclic N) is 1. The number of aliphatic hydroxyl groups excluding tert-OH is 1. The number of benzene rings is 1. The molecule has 0 aliphatic carbocycles. The molecular formula is C18H28N2O2S. The Morgan fingerprint density at radius 2 is 1.91 bits per heavy atom. The van der Waals surface area contributed by atoms with Crippen LogP contribution in [0.5, 0.6) is 0 Å². The summed E-state index contributed by atoms with van der Waals surface area (Å²) in [5.41, 5.74) is 1.37. The summed E-state index contributed by atoms with van der Waals surface area (Å²) in [6.45, 7) is 8.31. The first-order chi connectivity index (χ1) is 11.2. The molecule has 0 saturated carbocycles. The number of aliphatic hydroxyl groups is 1. The van der Waals surface area contributed by atoms with Crippen LogP contribution in [-0.2, 0) is 4.74 Å². The van der Waals surface area contributed by atoms with Gasteiger partial charge in [-0.3, -0.25) is 9.80 Å². The number of nitrogens with zero attached hydrogens (tertiary/aromatic N) is 2. The molecule has 2 saturated heterocycles. The number of ether oxygens (including phenoxy) is 1. The molecule has 0 spiro atoms. The average molecular weight is 337 g/mol. The summed E-state index contributed by atoms with van der Waals surface area (Å²) >= 11 is 2.04. The first-order valence-electron chi connectivity index (χ1n) is 8.63. The van der Waals surface area contributed by atoms with Crippen molar-refractivity contribution >= 4 is 11.8 Å². The fraction of sp³-hybridized carbons (Fsp3) is 0.667. The van der Waals surface area contributed by atoms with E-state index in [0.29, 0.717) is 11.3 Å². The van der Waals surface area contributed by atoms with E-state index in [1.807, 2.05) is 11.8 Å². The van der Waals surface area contributed by atoms with Gasteiger partial charge in [0.25, 0.3) is 0 Å². The third-order valence-corrected chi connectivity index (χ3v) is 5.96. The molecule has 5 heteroatoms. The normalized spacial score (nSPS) is 28.6. The molecule has 0 aromatic heterocycles. The molecule has 0 amide bonds. The van der Waals surface area contributed by atoms with E-state index in [1.54, 1.807) is 0 Å². The van der Waals surface area contributed by atoms with Crippen LogP contribution in [0.15, 0.2) is 30.3 Å². The van der Waals surface area contributed by atoms with Gasteiger partial charge in [0.05, 0.1) is 19.3 Å².